The quantitative estimate of drug-likeness (QED) is 0.543. The lowest BCUT2D eigenvalue weighted by molar-refractivity contribution is -0.121. The molecule has 1 aromatic heterocycles. The van der Waals surface area contributed by atoms with Crippen LogP contribution in [-0.4, -0.2) is 46.6 Å². The van der Waals surface area contributed by atoms with Gasteiger partial charge in [-0.1, -0.05) is 17.3 Å². The Morgan fingerprint density at radius 2 is 1.88 bits per heavy atom. The molecule has 0 saturated carbocycles. The van der Waals surface area contributed by atoms with Gasteiger partial charge in [0.1, 0.15) is 5.82 Å². The minimum absolute atomic E-state index is 0.109. The normalized spacial score (nSPS) is 14.7. The molecule has 2 aromatic carbocycles. The third-order valence-corrected chi connectivity index (χ3v) is 5.57. The summed E-state index contributed by atoms with van der Waals surface area (Å²) in [7, 11) is 0. The van der Waals surface area contributed by atoms with Gasteiger partial charge in [0.25, 0.3) is 0 Å². The van der Waals surface area contributed by atoms with Crippen LogP contribution in [0.5, 0.6) is 0 Å². The zero-order valence-electron chi connectivity index (χ0n) is 18.3. The van der Waals surface area contributed by atoms with Crippen molar-refractivity contribution in [2.75, 3.05) is 25.0 Å². The molecule has 1 aliphatic heterocycles. The number of anilines is 1. The molecule has 1 amide bonds. The summed E-state index contributed by atoms with van der Waals surface area (Å²) >= 11 is 0. The summed E-state index contributed by atoms with van der Waals surface area (Å²) in [5, 5.41) is 6.85. The second-order valence-corrected chi connectivity index (χ2v) is 7.82. The summed E-state index contributed by atoms with van der Waals surface area (Å²) < 4.78 is 23.5. The Morgan fingerprint density at radius 3 is 2.61 bits per heavy atom. The first-order valence-corrected chi connectivity index (χ1v) is 10.9. The van der Waals surface area contributed by atoms with Crippen LogP contribution in [0, 0.1) is 11.7 Å². The summed E-state index contributed by atoms with van der Waals surface area (Å²) in [6.07, 6.45) is 1.35. The summed E-state index contributed by atoms with van der Waals surface area (Å²) in [5.41, 5.74) is 1.49. The standard InChI is InChI=1S/C24H25FN4O4/c1-2-32-24(31)19-5-3-4-6-20(19)26-23(30)17-11-13-29(14-12-17)15-21-27-22(28-33-21)16-7-9-18(25)10-8-16/h3-10,17H,2,11-15H2,1H3,(H,26,30). The number of esters is 1. The highest BCUT2D eigenvalue weighted by Crippen LogP contribution is 2.23. The van der Waals surface area contributed by atoms with E-state index >= 15 is 0 Å². The molecule has 8 nitrogen and oxygen atoms in total. The van der Waals surface area contributed by atoms with Crippen molar-refractivity contribution < 1.29 is 23.2 Å². The van der Waals surface area contributed by atoms with Crippen LogP contribution in [0.3, 0.4) is 0 Å². The first kappa shape index (κ1) is 22.6. The van der Waals surface area contributed by atoms with Crippen molar-refractivity contribution in [2.24, 2.45) is 5.92 Å². The van der Waals surface area contributed by atoms with Crippen LogP contribution in [0.15, 0.2) is 53.1 Å². The molecule has 4 rings (SSSR count). The fourth-order valence-electron chi connectivity index (χ4n) is 3.79. The van der Waals surface area contributed by atoms with Crippen molar-refractivity contribution in [3.05, 3.63) is 65.8 Å². The molecule has 3 aromatic rings. The predicted molar refractivity (Wildman–Crippen MR) is 119 cm³/mol. The third kappa shape index (κ3) is 5.61. The number of nitrogens with one attached hydrogen (secondary N) is 1. The van der Waals surface area contributed by atoms with Crippen LogP contribution in [0.25, 0.3) is 11.4 Å². The van der Waals surface area contributed by atoms with Gasteiger partial charge in [0.2, 0.25) is 17.6 Å². The van der Waals surface area contributed by atoms with Gasteiger partial charge in [-0.05, 0) is 69.3 Å². The number of carbonyl (C=O) groups is 2. The largest absolute Gasteiger partial charge is 0.462 e. The lowest BCUT2D eigenvalue weighted by atomic mass is 9.95. The number of aromatic nitrogens is 2. The number of hydrogen-bond acceptors (Lipinski definition) is 7. The van der Waals surface area contributed by atoms with Gasteiger partial charge in [-0.25, -0.2) is 9.18 Å². The molecule has 1 aliphatic rings. The molecule has 0 aliphatic carbocycles. The Morgan fingerprint density at radius 1 is 1.15 bits per heavy atom. The highest BCUT2D eigenvalue weighted by atomic mass is 19.1. The smallest absolute Gasteiger partial charge is 0.340 e. The van der Waals surface area contributed by atoms with E-state index in [1.807, 2.05) is 0 Å². The zero-order valence-corrected chi connectivity index (χ0v) is 18.3. The van der Waals surface area contributed by atoms with Gasteiger partial charge < -0.3 is 14.6 Å². The zero-order chi connectivity index (χ0) is 23.2. The van der Waals surface area contributed by atoms with Crippen molar-refractivity contribution >= 4 is 17.6 Å². The van der Waals surface area contributed by atoms with Crippen LogP contribution >= 0.6 is 0 Å². The summed E-state index contributed by atoms with van der Waals surface area (Å²) in [6.45, 7) is 3.89. The number of para-hydroxylation sites is 1. The molecule has 1 N–H and O–H groups in total. The van der Waals surface area contributed by atoms with E-state index in [1.54, 1.807) is 43.3 Å². The lowest BCUT2D eigenvalue weighted by Gasteiger charge is -2.30. The van der Waals surface area contributed by atoms with Gasteiger partial charge in [-0.3, -0.25) is 9.69 Å². The van der Waals surface area contributed by atoms with Crippen molar-refractivity contribution in [3.63, 3.8) is 0 Å². The maximum Gasteiger partial charge on any atom is 0.340 e. The summed E-state index contributed by atoms with van der Waals surface area (Å²) in [5.74, 6) is -0.154. The molecule has 0 radical (unpaired) electrons. The predicted octanol–water partition coefficient (Wildman–Crippen LogP) is 3.90. The average molecular weight is 452 g/mol. The van der Waals surface area contributed by atoms with E-state index in [-0.39, 0.29) is 24.2 Å². The van der Waals surface area contributed by atoms with Crippen LogP contribution in [-0.2, 0) is 16.1 Å². The maximum atomic E-state index is 13.1. The number of carbonyl (C=O) groups excluding carboxylic acids is 2. The Bertz CT molecular complexity index is 1110. The van der Waals surface area contributed by atoms with Crippen LogP contribution in [0.1, 0.15) is 36.0 Å². The van der Waals surface area contributed by atoms with E-state index in [0.717, 1.165) is 0 Å². The second-order valence-electron chi connectivity index (χ2n) is 7.82. The number of nitrogens with zero attached hydrogens (tertiary/aromatic N) is 3. The van der Waals surface area contributed by atoms with Crippen LogP contribution in [0.4, 0.5) is 10.1 Å². The Kier molecular flexibility index (Phi) is 7.09. The van der Waals surface area contributed by atoms with Crippen LogP contribution < -0.4 is 5.32 Å². The van der Waals surface area contributed by atoms with Crippen molar-refractivity contribution in [1.82, 2.24) is 15.0 Å². The number of halogens is 1. The van der Waals surface area contributed by atoms with Crippen LogP contribution in [0.2, 0.25) is 0 Å². The van der Waals surface area contributed by atoms with E-state index in [1.165, 1.54) is 12.1 Å². The number of ether oxygens (including phenoxy) is 1. The molecule has 33 heavy (non-hydrogen) atoms. The Hall–Kier alpha value is -3.59. The van der Waals surface area contributed by atoms with Crippen molar-refractivity contribution in [3.8, 4) is 11.4 Å². The number of hydrogen-bond donors (Lipinski definition) is 1. The fourth-order valence-corrected chi connectivity index (χ4v) is 3.79. The fraction of sp³-hybridized carbons (Fsp3) is 0.333. The van der Waals surface area contributed by atoms with E-state index < -0.39 is 5.97 Å². The molecule has 9 heteroatoms. The minimum atomic E-state index is -0.456. The number of amides is 1. The van der Waals surface area contributed by atoms with Gasteiger partial charge >= 0.3 is 5.97 Å². The molecule has 0 bridgehead atoms. The molecule has 172 valence electrons. The molecule has 1 fully saturated rings. The molecule has 0 spiro atoms. The highest BCUT2D eigenvalue weighted by molar-refractivity contribution is 6.01. The van der Waals surface area contributed by atoms with E-state index in [2.05, 4.69) is 20.4 Å². The monoisotopic (exact) mass is 452 g/mol. The molecule has 2 heterocycles. The second kappa shape index (κ2) is 10.4. The first-order valence-electron chi connectivity index (χ1n) is 10.9. The number of rotatable bonds is 7. The van der Waals surface area contributed by atoms with E-state index in [4.69, 9.17) is 9.26 Å². The average Bonchev–Trinajstić information content (AvgIpc) is 3.29. The van der Waals surface area contributed by atoms with Gasteiger partial charge in [-0.15, -0.1) is 0 Å². The maximum absolute atomic E-state index is 13.1. The molecule has 0 atom stereocenters. The summed E-state index contributed by atoms with van der Waals surface area (Å²) in [6, 6.07) is 12.8. The topological polar surface area (TPSA) is 97.6 Å². The van der Waals surface area contributed by atoms with Gasteiger partial charge in [0, 0.05) is 11.5 Å². The molecular formula is C24H25FN4O4. The van der Waals surface area contributed by atoms with E-state index in [9.17, 15) is 14.0 Å². The lowest BCUT2D eigenvalue weighted by Crippen LogP contribution is -2.38. The minimum Gasteiger partial charge on any atom is -0.462 e. The van der Waals surface area contributed by atoms with E-state index in [0.29, 0.717) is 61.0 Å². The molecule has 0 unspecified atom stereocenters. The Labute approximate surface area is 190 Å². The SMILES string of the molecule is CCOC(=O)c1ccccc1NC(=O)C1CCN(Cc2nc(-c3ccc(F)cc3)no2)CC1. The number of benzene rings is 2. The highest BCUT2D eigenvalue weighted by Gasteiger charge is 2.27. The van der Waals surface area contributed by atoms with Crippen molar-refractivity contribution in [2.45, 2.75) is 26.3 Å². The van der Waals surface area contributed by atoms with Gasteiger partial charge in [0.15, 0.2) is 0 Å². The number of piperidine rings is 1. The summed E-state index contributed by atoms with van der Waals surface area (Å²) in [4.78, 5) is 31.5. The Balaban J connectivity index is 1.30. The van der Waals surface area contributed by atoms with Gasteiger partial charge in [0.05, 0.1) is 24.4 Å². The van der Waals surface area contributed by atoms with Crippen molar-refractivity contribution in [1.29, 1.82) is 0 Å². The van der Waals surface area contributed by atoms with Gasteiger partial charge in [-0.2, -0.15) is 4.98 Å². The first-order chi connectivity index (χ1) is 16.0. The molecule has 1 saturated heterocycles. The number of likely N-dealkylation sites (tertiary alicyclic amines) is 1. The third-order valence-electron chi connectivity index (χ3n) is 5.57. The molecular weight excluding hydrogens is 427 g/mol.